The maximum Gasteiger partial charge on any atom is 0.265 e. The summed E-state index contributed by atoms with van der Waals surface area (Å²) in [5.74, 6) is 1.85. The van der Waals surface area contributed by atoms with Crippen molar-refractivity contribution >= 4 is 31.5 Å². The maximum absolute atomic E-state index is 13.3. The van der Waals surface area contributed by atoms with Gasteiger partial charge in [0.05, 0.1) is 77.9 Å². The van der Waals surface area contributed by atoms with Crippen molar-refractivity contribution in [3.8, 4) is 34.5 Å². The molecule has 4 aromatic rings. The number of carbonyl (C=O) groups is 2. The first-order valence-electron chi connectivity index (χ1n) is 22.3. The van der Waals surface area contributed by atoms with Gasteiger partial charge in [-0.05, 0) is 110 Å². The molecular weight excluding hydrogens is 957 g/mol. The van der Waals surface area contributed by atoms with Gasteiger partial charge in [0.1, 0.15) is 34.5 Å². The molecule has 0 saturated carbocycles. The predicted molar refractivity (Wildman–Crippen MR) is 251 cm³/mol. The Morgan fingerprint density at radius 2 is 0.814 bits per heavy atom. The summed E-state index contributed by atoms with van der Waals surface area (Å²) in [7, 11) is -1.77. The molecule has 2 heterocycles. The summed E-state index contributed by atoms with van der Waals surface area (Å²) in [4.78, 5) is 24.6. The minimum Gasteiger partial charge on any atom is -0.497 e. The van der Waals surface area contributed by atoms with Crippen molar-refractivity contribution in [3.63, 3.8) is 0 Å². The lowest BCUT2D eigenvalue weighted by Crippen LogP contribution is -2.54. The lowest BCUT2D eigenvalue weighted by Gasteiger charge is -2.34. The van der Waals surface area contributed by atoms with Crippen LogP contribution in [0.4, 0.5) is 0 Å². The molecule has 384 valence electrons. The fourth-order valence-electron chi connectivity index (χ4n) is 7.70. The standard InChI is InChI=1S/2C24H31NO9S/c2*1-30-20-14-18(15-21(16-20)31-2)17-33-10-3-11-34-19-4-6-22(7-5-19)35(28,29)24(23(26)25-27)8-12-32-13-9-24/h2*4-7,14-16,27H,3,8-13,17H2,1-2H3,(H,25,26). The van der Waals surface area contributed by atoms with Gasteiger partial charge in [0.2, 0.25) is 0 Å². The van der Waals surface area contributed by atoms with Crippen molar-refractivity contribution in [1.82, 2.24) is 11.0 Å². The highest BCUT2D eigenvalue weighted by atomic mass is 32.2. The number of amides is 2. The molecule has 0 aliphatic carbocycles. The van der Waals surface area contributed by atoms with Crippen LogP contribution in [0.15, 0.2) is 94.7 Å². The van der Waals surface area contributed by atoms with E-state index in [4.69, 9.17) is 57.8 Å². The van der Waals surface area contributed by atoms with E-state index in [1.807, 2.05) is 24.3 Å². The van der Waals surface area contributed by atoms with Gasteiger partial charge in [-0.3, -0.25) is 20.0 Å². The average molecular weight is 1020 g/mol. The van der Waals surface area contributed by atoms with E-state index in [1.54, 1.807) is 64.8 Å². The number of nitrogens with one attached hydrogen (secondary N) is 2. The van der Waals surface area contributed by atoms with E-state index in [0.717, 1.165) is 11.1 Å². The van der Waals surface area contributed by atoms with Crippen molar-refractivity contribution in [2.24, 2.45) is 0 Å². The number of sulfone groups is 2. The number of ether oxygens (including phenoxy) is 10. The summed E-state index contributed by atoms with van der Waals surface area (Å²) in [6, 6.07) is 22.9. The largest absolute Gasteiger partial charge is 0.497 e. The summed E-state index contributed by atoms with van der Waals surface area (Å²) in [6.45, 7) is 2.93. The highest BCUT2D eigenvalue weighted by Gasteiger charge is 2.53. The van der Waals surface area contributed by atoms with Crippen molar-refractivity contribution in [2.45, 2.75) is 71.0 Å². The van der Waals surface area contributed by atoms with Gasteiger partial charge in [0.25, 0.3) is 11.8 Å². The number of methoxy groups -OCH3 is 4. The van der Waals surface area contributed by atoms with Crippen LogP contribution >= 0.6 is 0 Å². The molecule has 0 unspecified atom stereocenters. The first kappa shape index (κ1) is 55.2. The number of rotatable bonds is 24. The predicted octanol–water partition coefficient (Wildman–Crippen LogP) is 5.04. The molecule has 20 nitrogen and oxygen atoms in total. The van der Waals surface area contributed by atoms with Crippen LogP contribution in [0.3, 0.4) is 0 Å². The van der Waals surface area contributed by atoms with Crippen LogP contribution in [0.5, 0.6) is 34.5 Å². The maximum atomic E-state index is 13.3. The second-order valence-electron chi connectivity index (χ2n) is 16.0. The lowest BCUT2D eigenvalue weighted by atomic mass is 9.98. The van der Waals surface area contributed by atoms with Crippen LogP contribution < -0.4 is 39.4 Å². The van der Waals surface area contributed by atoms with Crippen molar-refractivity contribution < 1.29 is 84.2 Å². The molecule has 2 aliphatic rings. The number of benzene rings is 4. The molecule has 2 fully saturated rings. The number of hydroxylamine groups is 2. The van der Waals surface area contributed by atoms with Gasteiger partial charge >= 0.3 is 0 Å². The highest BCUT2D eigenvalue weighted by molar-refractivity contribution is 7.94. The van der Waals surface area contributed by atoms with Crippen LogP contribution in [0.1, 0.15) is 49.7 Å². The summed E-state index contributed by atoms with van der Waals surface area (Å²) in [6.07, 6.45) is 1.10. The monoisotopic (exact) mass is 1020 g/mol. The van der Waals surface area contributed by atoms with Gasteiger partial charge in [-0.15, -0.1) is 0 Å². The fourth-order valence-corrected chi connectivity index (χ4v) is 11.6. The van der Waals surface area contributed by atoms with E-state index in [1.165, 1.54) is 35.2 Å². The van der Waals surface area contributed by atoms with Gasteiger partial charge in [0.15, 0.2) is 29.2 Å². The normalized spacial score (nSPS) is 15.3. The van der Waals surface area contributed by atoms with Crippen molar-refractivity contribution in [1.29, 1.82) is 0 Å². The fraction of sp³-hybridized carbons (Fsp3) is 0.458. The molecule has 0 bridgehead atoms. The molecule has 70 heavy (non-hydrogen) atoms. The van der Waals surface area contributed by atoms with Gasteiger partial charge in [-0.2, -0.15) is 0 Å². The van der Waals surface area contributed by atoms with Crippen LogP contribution in [0, 0.1) is 0 Å². The zero-order valence-electron chi connectivity index (χ0n) is 39.6. The number of hydrogen-bond acceptors (Lipinski definition) is 18. The number of hydrogen-bond donors (Lipinski definition) is 4. The van der Waals surface area contributed by atoms with Crippen LogP contribution in [0.2, 0.25) is 0 Å². The van der Waals surface area contributed by atoms with Crippen molar-refractivity contribution in [2.75, 3.05) is 81.3 Å². The molecular formula is C48H62N2O18S2. The second kappa shape index (κ2) is 26.5. The van der Waals surface area contributed by atoms with E-state index >= 15 is 0 Å². The summed E-state index contributed by atoms with van der Waals surface area (Å²) >= 11 is 0. The molecule has 2 saturated heterocycles. The molecule has 2 aliphatic heterocycles. The summed E-state index contributed by atoms with van der Waals surface area (Å²) in [5.41, 5.74) is 4.87. The molecule has 0 atom stereocenters. The van der Waals surface area contributed by atoms with E-state index in [2.05, 4.69) is 0 Å². The SMILES string of the molecule is COc1cc(COCCCOc2ccc(S(=O)(=O)C3(C(=O)NO)CCOCC3)cc2)cc(OC)c1.COc1cc(COCCCOc2ccc(S(=O)(=O)C3(C(=O)NO)CCOCC3)cc2)cc(OC)c1. The molecule has 4 aromatic carbocycles. The third-order valence-electron chi connectivity index (χ3n) is 11.7. The molecule has 4 N–H and O–H groups in total. The Balaban J connectivity index is 0.000000261. The van der Waals surface area contributed by atoms with E-state index in [0.29, 0.717) is 87.0 Å². The summed E-state index contributed by atoms with van der Waals surface area (Å²) < 4.78 is 104. The van der Waals surface area contributed by atoms with Gasteiger partial charge in [0, 0.05) is 51.4 Å². The Morgan fingerprint density at radius 1 is 0.500 bits per heavy atom. The van der Waals surface area contributed by atoms with E-state index in [-0.39, 0.29) is 61.9 Å². The van der Waals surface area contributed by atoms with Crippen LogP contribution in [0.25, 0.3) is 0 Å². The first-order chi connectivity index (χ1) is 33.7. The average Bonchev–Trinajstić information content (AvgIpc) is 3.40. The van der Waals surface area contributed by atoms with E-state index < -0.39 is 41.0 Å². The third kappa shape index (κ3) is 13.8. The van der Waals surface area contributed by atoms with Crippen molar-refractivity contribution in [3.05, 3.63) is 96.1 Å². The first-order valence-corrected chi connectivity index (χ1v) is 25.3. The van der Waals surface area contributed by atoms with E-state index in [9.17, 15) is 26.4 Å². The summed E-state index contributed by atoms with van der Waals surface area (Å²) in [5, 5.41) is 18.3. The molecule has 0 aromatic heterocycles. The molecule has 0 spiro atoms. The highest BCUT2D eigenvalue weighted by Crippen LogP contribution is 2.37. The Kier molecular flexibility index (Phi) is 20.9. The van der Waals surface area contributed by atoms with Gasteiger partial charge in [-0.1, -0.05) is 0 Å². The smallest absolute Gasteiger partial charge is 0.265 e. The van der Waals surface area contributed by atoms with Crippen LogP contribution in [-0.4, -0.2) is 130 Å². The molecule has 2 amide bonds. The Hall–Kier alpha value is -5.72. The zero-order chi connectivity index (χ0) is 50.6. The zero-order valence-corrected chi connectivity index (χ0v) is 41.3. The molecule has 22 heteroatoms. The van der Waals surface area contributed by atoms with Gasteiger partial charge in [-0.25, -0.2) is 27.8 Å². The molecule has 0 radical (unpaired) electrons. The molecule has 6 rings (SSSR count). The minimum atomic E-state index is -4.07. The second-order valence-corrected chi connectivity index (χ2v) is 20.5. The third-order valence-corrected chi connectivity index (χ3v) is 16.7. The Morgan fingerprint density at radius 3 is 1.10 bits per heavy atom. The quantitative estimate of drug-likeness (QED) is 0.0407. The van der Waals surface area contributed by atoms with Gasteiger partial charge < -0.3 is 47.4 Å². The Bertz CT molecular complexity index is 2290. The topological polar surface area (TPSA) is 259 Å². The minimum absolute atomic E-state index is 0.0209. The lowest BCUT2D eigenvalue weighted by molar-refractivity contribution is -0.135. The number of carbonyl (C=O) groups excluding carboxylic acids is 2. The Labute approximate surface area is 408 Å². The van der Waals surface area contributed by atoms with Crippen LogP contribution in [-0.2, 0) is 61.4 Å².